The van der Waals surface area contributed by atoms with Crippen molar-refractivity contribution in [1.82, 2.24) is 19.7 Å². The number of benzene rings is 1. The zero-order chi connectivity index (χ0) is 16.4. The topological polar surface area (TPSA) is 72.7 Å². The minimum absolute atomic E-state index is 0.163. The van der Waals surface area contributed by atoms with Gasteiger partial charge >= 0.3 is 0 Å². The predicted octanol–water partition coefficient (Wildman–Crippen LogP) is 3.40. The number of fused-ring (bicyclic) bond motifs is 1. The highest BCUT2D eigenvalue weighted by molar-refractivity contribution is 8.00. The van der Waals surface area contributed by atoms with Crippen molar-refractivity contribution in [2.24, 2.45) is 7.05 Å². The van der Waals surface area contributed by atoms with Gasteiger partial charge in [-0.15, -0.1) is 0 Å². The molecule has 1 aromatic carbocycles. The zero-order valence-corrected chi connectivity index (χ0v) is 14.3. The number of thioether (sulfide) groups is 1. The number of hydrogen-bond acceptors (Lipinski definition) is 5. The Morgan fingerprint density at radius 3 is 2.91 bits per heavy atom. The van der Waals surface area contributed by atoms with Gasteiger partial charge in [0.2, 0.25) is 5.91 Å². The summed E-state index contributed by atoms with van der Waals surface area (Å²) in [6.45, 7) is 0. The van der Waals surface area contributed by atoms with Crippen LogP contribution in [0.25, 0.3) is 11.0 Å². The molecule has 0 bridgehead atoms. The van der Waals surface area contributed by atoms with Gasteiger partial charge < -0.3 is 5.32 Å². The average Bonchev–Trinajstić information content (AvgIpc) is 2.91. The van der Waals surface area contributed by atoms with Crippen LogP contribution in [-0.2, 0) is 11.8 Å². The van der Waals surface area contributed by atoms with Crippen LogP contribution in [0.2, 0.25) is 10.0 Å². The molecule has 1 N–H and O–H groups in total. The van der Waals surface area contributed by atoms with Crippen molar-refractivity contribution >= 4 is 57.6 Å². The minimum Gasteiger partial charge on any atom is -0.325 e. The fraction of sp³-hybridized carbons (Fsp3) is 0.143. The summed E-state index contributed by atoms with van der Waals surface area (Å²) in [6, 6.07) is 4.94. The summed E-state index contributed by atoms with van der Waals surface area (Å²) in [5.74, 6) is 0.0467. The summed E-state index contributed by atoms with van der Waals surface area (Å²) in [5, 5.41) is 9.28. The van der Waals surface area contributed by atoms with E-state index in [0.29, 0.717) is 20.8 Å². The first-order chi connectivity index (χ1) is 11.0. The van der Waals surface area contributed by atoms with E-state index < -0.39 is 0 Å². The number of hydrogen-bond donors (Lipinski definition) is 1. The highest BCUT2D eigenvalue weighted by Gasteiger charge is 2.11. The second-order valence-electron chi connectivity index (χ2n) is 4.65. The molecule has 0 atom stereocenters. The summed E-state index contributed by atoms with van der Waals surface area (Å²) >= 11 is 13.1. The number of aromatic nitrogens is 4. The summed E-state index contributed by atoms with van der Waals surface area (Å²) < 4.78 is 1.66. The lowest BCUT2D eigenvalue weighted by Gasteiger charge is -2.06. The van der Waals surface area contributed by atoms with Crippen molar-refractivity contribution in [3.8, 4) is 0 Å². The number of halogens is 2. The molecule has 2 aromatic heterocycles. The summed E-state index contributed by atoms with van der Waals surface area (Å²) in [6.07, 6.45) is 3.15. The zero-order valence-electron chi connectivity index (χ0n) is 12.0. The van der Waals surface area contributed by atoms with Gasteiger partial charge in [0.25, 0.3) is 0 Å². The largest absolute Gasteiger partial charge is 0.325 e. The van der Waals surface area contributed by atoms with Crippen LogP contribution >= 0.6 is 35.0 Å². The molecule has 0 aliphatic carbocycles. The number of anilines is 1. The van der Waals surface area contributed by atoms with Gasteiger partial charge in [0.1, 0.15) is 11.4 Å². The monoisotopic (exact) mass is 367 g/mol. The minimum atomic E-state index is -0.163. The molecule has 0 aliphatic rings. The number of aryl methyl sites for hydroxylation is 1. The third-order valence-corrected chi connectivity index (χ3v) is 4.78. The van der Waals surface area contributed by atoms with Crippen molar-refractivity contribution in [1.29, 1.82) is 0 Å². The molecule has 118 valence electrons. The lowest BCUT2D eigenvalue weighted by molar-refractivity contribution is -0.113. The van der Waals surface area contributed by atoms with E-state index in [4.69, 9.17) is 23.2 Å². The maximum atomic E-state index is 12.1. The average molecular weight is 368 g/mol. The Labute approximate surface area is 146 Å². The first-order valence-electron chi connectivity index (χ1n) is 6.55. The van der Waals surface area contributed by atoms with Crippen LogP contribution in [0.5, 0.6) is 0 Å². The molecule has 0 saturated carbocycles. The number of nitrogens with one attached hydrogen (secondary N) is 1. The Bertz CT molecular complexity index is 883. The normalized spacial score (nSPS) is 10.9. The Morgan fingerprint density at radius 1 is 1.30 bits per heavy atom. The first kappa shape index (κ1) is 16.0. The van der Waals surface area contributed by atoms with E-state index in [-0.39, 0.29) is 11.7 Å². The second kappa shape index (κ2) is 6.74. The quantitative estimate of drug-likeness (QED) is 0.565. The molecule has 0 radical (unpaired) electrons. The highest BCUT2D eigenvalue weighted by Crippen LogP contribution is 2.26. The van der Waals surface area contributed by atoms with Crippen LogP contribution in [0.1, 0.15) is 0 Å². The van der Waals surface area contributed by atoms with Crippen LogP contribution in [0, 0.1) is 0 Å². The fourth-order valence-corrected chi connectivity index (χ4v) is 3.02. The van der Waals surface area contributed by atoms with Crippen molar-refractivity contribution in [2.75, 3.05) is 11.1 Å². The van der Waals surface area contributed by atoms with Crippen LogP contribution in [-0.4, -0.2) is 31.4 Å². The third-order valence-electron chi connectivity index (χ3n) is 3.04. The molecule has 3 rings (SSSR count). The Morgan fingerprint density at radius 2 is 2.13 bits per heavy atom. The molecule has 0 aliphatic heterocycles. The van der Waals surface area contributed by atoms with Crippen molar-refractivity contribution < 1.29 is 4.79 Å². The highest BCUT2D eigenvalue weighted by atomic mass is 35.5. The molecular formula is C14H11Cl2N5OS. The van der Waals surface area contributed by atoms with Crippen LogP contribution in [0.3, 0.4) is 0 Å². The third kappa shape index (κ3) is 3.57. The van der Waals surface area contributed by atoms with Crippen molar-refractivity contribution in [2.45, 2.75) is 5.03 Å². The van der Waals surface area contributed by atoms with Gasteiger partial charge in [-0.1, -0.05) is 35.0 Å². The Balaban J connectivity index is 1.67. The number of rotatable bonds is 4. The number of carbonyl (C=O) groups is 1. The molecule has 0 spiro atoms. The molecule has 23 heavy (non-hydrogen) atoms. The van der Waals surface area contributed by atoms with Crippen LogP contribution < -0.4 is 5.32 Å². The molecular weight excluding hydrogens is 357 g/mol. The molecule has 9 heteroatoms. The molecule has 6 nitrogen and oxygen atoms in total. The molecule has 0 saturated heterocycles. The van der Waals surface area contributed by atoms with E-state index in [2.05, 4.69) is 20.4 Å². The molecule has 3 aromatic rings. The van der Waals surface area contributed by atoms with E-state index >= 15 is 0 Å². The number of carbonyl (C=O) groups excluding carboxylic acids is 1. The van der Waals surface area contributed by atoms with Gasteiger partial charge in [-0.3, -0.25) is 9.48 Å². The Kier molecular flexibility index (Phi) is 4.70. The number of nitrogens with zero attached hydrogens (tertiary/aromatic N) is 4. The molecule has 0 unspecified atom stereocenters. The second-order valence-corrected chi connectivity index (χ2v) is 6.43. The van der Waals surface area contributed by atoms with Gasteiger partial charge in [-0.05, 0) is 18.2 Å². The van der Waals surface area contributed by atoms with Gasteiger partial charge in [0.15, 0.2) is 5.65 Å². The van der Waals surface area contributed by atoms with Gasteiger partial charge in [0.05, 0.1) is 27.4 Å². The summed E-state index contributed by atoms with van der Waals surface area (Å²) in [4.78, 5) is 20.4. The summed E-state index contributed by atoms with van der Waals surface area (Å²) in [7, 11) is 1.81. The standard InChI is InChI=1S/C14H11Cl2N5OS/c1-21-13-9(5-19-21)14(18-7-17-13)23-6-12(22)20-8-2-3-10(15)11(16)4-8/h2-5,7H,6H2,1H3,(H,20,22). The first-order valence-corrected chi connectivity index (χ1v) is 8.29. The maximum absolute atomic E-state index is 12.1. The van der Waals surface area contributed by atoms with E-state index in [0.717, 1.165) is 11.0 Å². The van der Waals surface area contributed by atoms with Gasteiger partial charge in [-0.2, -0.15) is 5.10 Å². The van der Waals surface area contributed by atoms with E-state index in [1.165, 1.54) is 18.1 Å². The molecule has 0 fully saturated rings. The van der Waals surface area contributed by atoms with E-state index in [1.807, 2.05) is 0 Å². The van der Waals surface area contributed by atoms with Crippen LogP contribution in [0.4, 0.5) is 5.69 Å². The van der Waals surface area contributed by atoms with Gasteiger partial charge in [-0.25, -0.2) is 9.97 Å². The van der Waals surface area contributed by atoms with E-state index in [1.54, 1.807) is 36.1 Å². The van der Waals surface area contributed by atoms with Gasteiger partial charge in [0, 0.05) is 12.7 Å². The molecule has 2 heterocycles. The predicted molar refractivity (Wildman–Crippen MR) is 92.1 cm³/mol. The Hall–Kier alpha value is -1.83. The SMILES string of the molecule is Cn1ncc2c(SCC(=O)Nc3ccc(Cl)c(Cl)c3)ncnc21. The summed E-state index contributed by atoms with van der Waals surface area (Å²) in [5.41, 5.74) is 1.33. The number of amides is 1. The lowest BCUT2D eigenvalue weighted by atomic mass is 10.3. The smallest absolute Gasteiger partial charge is 0.234 e. The van der Waals surface area contributed by atoms with Crippen molar-refractivity contribution in [3.05, 3.63) is 40.8 Å². The van der Waals surface area contributed by atoms with E-state index in [9.17, 15) is 4.79 Å². The van der Waals surface area contributed by atoms with Crippen LogP contribution in [0.15, 0.2) is 35.7 Å². The van der Waals surface area contributed by atoms with Crippen molar-refractivity contribution in [3.63, 3.8) is 0 Å². The fourth-order valence-electron chi connectivity index (χ4n) is 1.96. The maximum Gasteiger partial charge on any atom is 0.234 e. The molecule has 1 amide bonds. The lowest BCUT2D eigenvalue weighted by Crippen LogP contribution is -2.14.